The Morgan fingerprint density at radius 3 is 2.18 bits per heavy atom. The van der Waals surface area contributed by atoms with Gasteiger partial charge in [-0.15, -0.1) is 0 Å². The topological polar surface area (TPSA) is 61.4 Å². The zero-order chi connectivity index (χ0) is 19.9. The Labute approximate surface area is 162 Å². The highest BCUT2D eigenvalue weighted by Gasteiger charge is 2.16. The molecule has 3 rings (SSSR count). The van der Waals surface area contributed by atoms with Gasteiger partial charge in [0.2, 0.25) is 0 Å². The SMILES string of the molecule is O=C(NCCN1CCCC1)c1ccc(CNC(=O)c2c(F)cccc2F)cc1. The third-order valence-corrected chi connectivity index (χ3v) is 4.77. The predicted molar refractivity (Wildman–Crippen MR) is 102 cm³/mol. The first-order chi connectivity index (χ1) is 13.5. The molecule has 0 saturated carbocycles. The van der Waals surface area contributed by atoms with Crippen molar-refractivity contribution in [3.63, 3.8) is 0 Å². The summed E-state index contributed by atoms with van der Waals surface area (Å²) in [5.41, 5.74) is 0.645. The van der Waals surface area contributed by atoms with Crippen molar-refractivity contribution in [3.05, 3.63) is 70.8 Å². The van der Waals surface area contributed by atoms with Gasteiger partial charge < -0.3 is 15.5 Å². The molecule has 1 saturated heterocycles. The molecule has 148 valence electrons. The number of carbonyl (C=O) groups excluding carboxylic acids is 2. The molecule has 0 aromatic heterocycles. The molecule has 1 fully saturated rings. The summed E-state index contributed by atoms with van der Waals surface area (Å²) in [6.07, 6.45) is 2.44. The first-order valence-electron chi connectivity index (χ1n) is 9.36. The molecular weight excluding hydrogens is 364 g/mol. The fourth-order valence-corrected chi connectivity index (χ4v) is 3.20. The van der Waals surface area contributed by atoms with Crippen molar-refractivity contribution < 1.29 is 18.4 Å². The first-order valence-corrected chi connectivity index (χ1v) is 9.36. The smallest absolute Gasteiger partial charge is 0.257 e. The molecular formula is C21H23F2N3O2. The quantitative estimate of drug-likeness (QED) is 0.768. The summed E-state index contributed by atoms with van der Waals surface area (Å²) in [6.45, 7) is 3.73. The minimum absolute atomic E-state index is 0.101. The van der Waals surface area contributed by atoms with Gasteiger partial charge in [-0.1, -0.05) is 18.2 Å². The van der Waals surface area contributed by atoms with Crippen LogP contribution in [0.15, 0.2) is 42.5 Å². The van der Waals surface area contributed by atoms with Gasteiger partial charge in [0, 0.05) is 25.2 Å². The maximum atomic E-state index is 13.6. The fraction of sp³-hybridized carbons (Fsp3) is 0.333. The summed E-state index contributed by atoms with van der Waals surface area (Å²) >= 11 is 0. The summed E-state index contributed by atoms with van der Waals surface area (Å²) in [6, 6.07) is 10.0. The molecule has 0 spiro atoms. The van der Waals surface area contributed by atoms with Gasteiger partial charge >= 0.3 is 0 Å². The molecule has 2 aromatic rings. The molecule has 5 nitrogen and oxygen atoms in total. The minimum Gasteiger partial charge on any atom is -0.351 e. The Bertz CT molecular complexity index is 814. The Hall–Kier alpha value is -2.80. The van der Waals surface area contributed by atoms with Crippen molar-refractivity contribution in [2.45, 2.75) is 19.4 Å². The molecule has 0 bridgehead atoms. The molecule has 0 unspecified atom stereocenters. The number of hydrogen-bond acceptors (Lipinski definition) is 3. The Balaban J connectivity index is 1.48. The largest absolute Gasteiger partial charge is 0.351 e. The van der Waals surface area contributed by atoms with E-state index in [0.717, 1.165) is 37.3 Å². The molecule has 28 heavy (non-hydrogen) atoms. The third kappa shape index (κ3) is 5.13. The zero-order valence-electron chi connectivity index (χ0n) is 15.5. The van der Waals surface area contributed by atoms with Crippen LogP contribution in [0.4, 0.5) is 8.78 Å². The number of halogens is 2. The van der Waals surface area contributed by atoms with Crippen molar-refractivity contribution in [3.8, 4) is 0 Å². The molecule has 0 radical (unpaired) electrons. The lowest BCUT2D eigenvalue weighted by atomic mass is 10.1. The Morgan fingerprint density at radius 1 is 0.893 bits per heavy atom. The lowest BCUT2D eigenvalue weighted by Gasteiger charge is -2.14. The van der Waals surface area contributed by atoms with Gasteiger partial charge in [-0.2, -0.15) is 0 Å². The highest BCUT2D eigenvalue weighted by Crippen LogP contribution is 2.12. The monoisotopic (exact) mass is 387 g/mol. The van der Waals surface area contributed by atoms with E-state index in [-0.39, 0.29) is 12.5 Å². The highest BCUT2D eigenvalue weighted by atomic mass is 19.1. The Morgan fingerprint density at radius 2 is 1.54 bits per heavy atom. The maximum Gasteiger partial charge on any atom is 0.257 e. The van der Waals surface area contributed by atoms with E-state index >= 15 is 0 Å². The van der Waals surface area contributed by atoms with E-state index in [9.17, 15) is 18.4 Å². The number of amides is 2. The van der Waals surface area contributed by atoms with Gasteiger partial charge in [0.15, 0.2) is 0 Å². The number of nitrogens with one attached hydrogen (secondary N) is 2. The molecule has 0 atom stereocenters. The number of hydrogen-bond donors (Lipinski definition) is 2. The van der Waals surface area contributed by atoms with E-state index in [1.807, 2.05) is 0 Å². The van der Waals surface area contributed by atoms with Crippen LogP contribution in [0, 0.1) is 11.6 Å². The van der Waals surface area contributed by atoms with Crippen LogP contribution >= 0.6 is 0 Å². The van der Waals surface area contributed by atoms with Crippen molar-refractivity contribution in [1.29, 1.82) is 0 Å². The van der Waals surface area contributed by atoms with Gasteiger partial charge in [-0.3, -0.25) is 9.59 Å². The second kappa shape index (κ2) is 9.41. The second-order valence-corrected chi connectivity index (χ2v) is 6.78. The zero-order valence-corrected chi connectivity index (χ0v) is 15.5. The van der Waals surface area contributed by atoms with Crippen LogP contribution < -0.4 is 10.6 Å². The maximum absolute atomic E-state index is 13.6. The third-order valence-electron chi connectivity index (χ3n) is 4.77. The van der Waals surface area contributed by atoms with Gasteiger partial charge in [-0.05, 0) is 55.8 Å². The molecule has 7 heteroatoms. The van der Waals surface area contributed by atoms with Crippen LogP contribution in [0.5, 0.6) is 0 Å². The molecule has 1 heterocycles. The summed E-state index contributed by atoms with van der Waals surface area (Å²) in [4.78, 5) is 26.5. The van der Waals surface area contributed by atoms with E-state index in [0.29, 0.717) is 12.1 Å². The summed E-state index contributed by atoms with van der Waals surface area (Å²) in [5, 5.41) is 5.38. The average molecular weight is 387 g/mol. The van der Waals surface area contributed by atoms with Crippen molar-refractivity contribution in [2.75, 3.05) is 26.2 Å². The van der Waals surface area contributed by atoms with Gasteiger partial charge in [0.05, 0.1) is 0 Å². The molecule has 2 N–H and O–H groups in total. The first kappa shape index (κ1) is 19.9. The van der Waals surface area contributed by atoms with Gasteiger partial charge in [0.1, 0.15) is 17.2 Å². The lowest BCUT2D eigenvalue weighted by molar-refractivity contribution is 0.0936. The van der Waals surface area contributed by atoms with Crippen LogP contribution in [0.1, 0.15) is 39.1 Å². The summed E-state index contributed by atoms with van der Waals surface area (Å²) in [5.74, 6) is -2.78. The summed E-state index contributed by atoms with van der Waals surface area (Å²) < 4.78 is 27.2. The predicted octanol–water partition coefficient (Wildman–Crippen LogP) is 2.72. The highest BCUT2D eigenvalue weighted by molar-refractivity contribution is 5.95. The van der Waals surface area contributed by atoms with E-state index in [4.69, 9.17) is 0 Å². The number of likely N-dealkylation sites (tertiary alicyclic amines) is 1. The van der Waals surface area contributed by atoms with E-state index in [1.54, 1.807) is 24.3 Å². The molecule has 0 aliphatic carbocycles. The molecule has 1 aliphatic heterocycles. The number of carbonyl (C=O) groups is 2. The lowest BCUT2D eigenvalue weighted by Crippen LogP contribution is -2.33. The molecule has 1 aliphatic rings. The van der Waals surface area contributed by atoms with Crippen LogP contribution in [0.3, 0.4) is 0 Å². The van der Waals surface area contributed by atoms with Crippen LogP contribution in [0.25, 0.3) is 0 Å². The standard InChI is InChI=1S/C21H23F2N3O2/c22-17-4-3-5-18(23)19(17)21(28)25-14-15-6-8-16(9-7-15)20(27)24-10-13-26-11-1-2-12-26/h3-9H,1-2,10-14H2,(H,24,27)(H,25,28). The van der Waals surface area contributed by atoms with E-state index in [2.05, 4.69) is 15.5 Å². The van der Waals surface area contributed by atoms with Crippen molar-refractivity contribution >= 4 is 11.8 Å². The Kier molecular flexibility index (Phi) is 6.71. The molecule has 2 amide bonds. The minimum atomic E-state index is -0.904. The average Bonchev–Trinajstić information content (AvgIpc) is 3.20. The van der Waals surface area contributed by atoms with Gasteiger partial charge in [-0.25, -0.2) is 8.78 Å². The fourth-order valence-electron chi connectivity index (χ4n) is 3.20. The number of nitrogens with zero attached hydrogens (tertiary/aromatic N) is 1. The molecule has 2 aromatic carbocycles. The van der Waals surface area contributed by atoms with Crippen LogP contribution in [-0.2, 0) is 6.54 Å². The van der Waals surface area contributed by atoms with E-state index < -0.39 is 23.1 Å². The van der Waals surface area contributed by atoms with Crippen LogP contribution in [0.2, 0.25) is 0 Å². The number of benzene rings is 2. The normalized spacial score (nSPS) is 14.1. The van der Waals surface area contributed by atoms with Gasteiger partial charge in [0.25, 0.3) is 11.8 Å². The van der Waals surface area contributed by atoms with Crippen molar-refractivity contribution in [2.24, 2.45) is 0 Å². The second-order valence-electron chi connectivity index (χ2n) is 6.78. The summed E-state index contributed by atoms with van der Waals surface area (Å²) in [7, 11) is 0. The van der Waals surface area contributed by atoms with E-state index in [1.165, 1.54) is 18.9 Å². The van der Waals surface area contributed by atoms with Crippen LogP contribution in [-0.4, -0.2) is 42.9 Å². The van der Waals surface area contributed by atoms with Crippen molar-refractivity contribution in [1.82, 2.24) is 15.5 Å². The number of rotatable bonds is 7.